The predicted molar refractivity (Wildman–Crippen MR) is 63.4 cm³/mol. The van der Waals surface area contributed by atoms with Crippen molar-refractivity contribution in [2.24, 2.45) is 11.8 Å². The Morgan fingerprint density at radius 2 is 1.67 bits per heavy atom. The highest BCUT2D eigenvalue weighted by Gasteiger charge is 2.43. The van der Waals surface area contributed by atoms with E-state index >= 15 is 0 Å². The predicted octanol–water partition coefficient (Wildman–Crippen LogP) is 3.21. The molecule has 0 N–H and O–H groups in total. The van der Waals surface area contributed by atoms with E-state index in [0.717, 1.165) is 12.1 Å². The van der Waals surface area contributed by atoms with E-state index in [-0.39, 0.29) is 18.1 Å². The van der Waals surface area contributed by atoms with E-state index in [9.17, 15) is 13.6 Å². The van der Waals surface area contributed by atoms with Gasteiger partial charge < -0.3 is 4.74 Å². The first-order valence-electron chi connectivity index (χ1n) is 6.07. The van der Waals surface area contributed by atoms with Gasteiger partial charge in [0.05, 0.1) is 23.7 Å². The van der Waals surface area contributed by atoms with Crippen LogP contribution in [-0.4, -0.2) is 18.0 Å². The highest BCUT2D eigenvalue weighted by molar-refractivity contribution is 5.99. The van der Waals surface area contributed by atoms with Gasteiger partial charge in [-0.05, 0) is 31.9 Å². The van der Waals surface area contributed by atoms with Crippen molar-refractivity contribution in [1.29, 1.82) is 0 Å². The first-order chi connectivity index (χ1) is 8.43. The number of ether oxygens (including phenoxy) is 1. The Hall–Kier alpha value is -1.29. The number of halogens is 2. The molecule has 1 aliphatic rings. The molecule has 2 rings (SSSR count). The van der Waals surface area contributed by atoms with Crippen molar-refractivity contribution in [1.82, 2.24) is 0 Å². The maximum Gasteiger partial charge on any atom is 0.174 e. The van der Waals surface area contributed by atoms with Crippen LogP contribution in [0.25, 0.3) is 0 Å². The molecular formula is C14H16F2O2. The molecule has 1 heterocycles. The van der Waals surface area contributed by atoms with E-state index in [2.05, 4.69) is 0 Å². The Bertz CT molecular complexity index is 453. The molecule has 0 bridgehead atoms. The number of hydrogen-bond donors (Lipinski definition) is 0. The minimum atomic E-state index is -0.807. The van der Waals surface area contributed by atoms with Gasteiger partial charge in [-0.3, -0.25) is 4.79 Å². The van der Waals surface area contributed by atoms with Gasteiger partial charge in [-0.25, -0.2) is 8.78 Å². The molecule has 18 heavy (non-hydrogen) atoms. The van der Waals surface area contributed by atoms with Gasteiger partial charge in [0.15, 0.2) is 5.78 Å². The summed E-state index contributed by atoms with van der Waals surface area (Å²) in [6, 6.07) is 3.46. The number of ketones is 1. The monoisotopic (exact) mass is 254 g/mol. The summed E-state index contributed by atoms with van der Waals surface area (Å²) in [4.78, 5) is 12.3. The van der Waals surface area contributed by atoms with Crippen LogP contribution in [0.2, 0.25) is 0 Å². The van der Waals surface area contributed by atoms with Gasteiger partial charge in [-0.15, -0.1) is 0 Å². The number of carbonyl (C=O) groups excluding carboxylic acids is 1. The van der Waals surface area contributed by atoms with Crippen LogP contribution < -0.4 is 0 Å². The molecule has 1 fully saturated rings. The molecule has 1 aromatic carbocycles. The molecule has 0 aliphatic carbocycles. The molecule has 0 spiro atoms. The van der Waals surface area contributed by atoms with Crippen LogP contribution in [0.3, 0.4) is 0 Å². The molecule has 2 nitrogen and oxygen atoms in total. The molecule has 98 valence electrons. The Labute approximate surface area is 105 Å². The second kappa shape index (κ2) is 4.76. The second-order valence-electron chi connectivity index (χ2n) is 4.89. The van der Waals surface area contributed by atoms with Gasteiger partial charge in [0, 0.05) is 0 Å². The van der Waals surface area contributed by atoms with Crippen molar-refractivity contribution in [2.45, 2.75) is 33.0 Å². The number of hydrogen-bond acceptors (Lipinski definition) is 2. The minimum Gasteiger partial charge on any atom is -0.374 e. The second-order valence-corrected chi connectivity index (χ2v) is 4.89. The van der Waals surface area contributed by atoms with Crippen molar-refractivity contribution in [3.05, 3.63) is 35.4 Å². The zero-order valence-electron chi connectivity index (χ0n) is 10.6. The fourth-order valence-corrected chi connectivity index (χ4v) is 2.62. The molecule has 1 aliphatic heterocycles. The van der Waals surface area contributed by atoms with E-state index in [4.69, 9.17) is 4.74 Å². The zero-order chi connectivity index (χ0) is 13.4. The van der Waals surface area contributed by atoms with E-state index < -0.39 is 28.9 Å². The van der Waals surface area contributed by atoms with E-state index in [1.807, 2.05) is 13.8 Å². The highest BCUT2D eigenvalue weighted by Crippen LogP contribution is 2.35. The lowest BCUT2D eigenvalue weighted by Crippen LogP contribution is -2.28. The van der Waals surface area contributed by atoms with Crippen LogP contribution in [0, 0.1) is 23.5 Å². The summed E-state index contributed by atoms with van der Waals surface area (Å²) < 4.78 is 32.8. The Morgan fingerprint density at radius 3 is 2.11 bits per heavy atom. The maximum atomic E-state index is 13.6. The molecule has 1 aromatic rings. The molecule has 0 radical (unpaired) electrons. The lowest BCUT2D eigenvalue weighted by Gasteiger charge is -2.17. The first kappa shape index (κ1) is 13.1. The van der Waals surface area contributed by atoms with E-state index in [1.165, 1.54) is 6.07 Å². The third-order valence-corrected chi connectivity index (χ3v) is 3.75. The van der Waals surface area contributed by atoms with Crippen LogP contribution in [-0.2, 0) is 4.74 Å². The van der Waals surface area contributed by atoms with E-state index in [0.29, 0.717) is 0 Å². The Balaban J connectivity index is 2.37. The van der Waals surface area contributed by atoms with Crippen LogP contribution in [0.5, 0.6) is 0 Å². The standard InChI is InChI=1S/C14H16F2O2/c1-7-8(2)18-9(3)12(7)14(17)13-10(15)5-4-6-11(13)16/h4-9,12H,1-3H3. The SMILES string of the molecule is CC1OC(C)C(C(=O)c2c(F)cccc2F)C1C. The third-order valence-electron chi connectivity index (χ3n) is 3.75. The zero-order valence-corrected chi connectivity index (χ0v) is 10.6. The van der Waals surface area contributed by atoms with Gasteiger partial charge in [-0.2, -0.15) is 0 Å². The summed E-state index contributed by atoms with van der Waals surface area (Å²) >= 11 is 0. The van der Waals surface area contributed by atoms with Crippen molar-refractivity contribution < 1.29 is 18.3 Å². The van der Waals surface area contributed by atoms with E-state index in [1.54, 1.807) is 6.92 Å². The molecular weight excluding hydrogens is 238 g/mol. The summed E-state index contributed by atoms with van der Waals surface area (Å²) in [5.41, 5.74) is -0.445. The van der Waals surface area contributed by atoms with Gasteiger partial charge in [0.1, 0.15) is 11.6 Å². The summed E-state index contributed by atoms with van der Waals surface area (Å²) in [6.07, 6.45) is -0.398. The number of Topliss-reactive ketones (excluding diaryl/α,β-unsaturated/α-hetero) is 1. The number of carbonyl (C=O) groups is 1. The highest BCUT2D eigenvalue weighted by atomic mass is 19.1. The number of benzene rings is 1. The van der Waals surface area contributed by atoms with Gasteiger partial charge in [0.2, 0.25) is 0 Å². The minimum absolute atomic E-state index is 0.0495. The Kier molecular flexibility index (Phi) is 3.48. The molecule has 0 aromatic heterocycles. The topological polar surface area (TPSA) is 26.3 Å². The van der Waals surface area contributed by atoms with Crippen molar-refractivity contribution in [3.8, 4) is 0 Å². The normalized spacial score (nSPS) is 31.6. The summed E-state index contributed by atoms with van der Waals surface area (Å²) in [5, 5.41) is 0. The summed E-state index contributed by atoms with van der Waals surface area (Å²) in [6.45, 7) is 5.50. The summed E-state index contributed by atoms with van der Waals surface area (Å²) in [7, 11) is 0. The lowest BCUT2D eigenvalue weighted by atomic mass is 9.83. The molecule has 0 saturated carbocycles. The number of rotatable bonds is 2. The largest absolute Gasteiger partial charge is 0.374 e. The van der Waals surface area contributed by atoms with Crippen LogP contribution in [0.15, 0.2) is 18.2 Å². The first-order valence-corrected chi connectivity index (χ1v) is 6.07. The summed E-state index contributed by atoms with van der Waals surface area (Å²) in [5.74, 6) is -2.66. The third kappa shape index (κ3) is 2.05. The van der Waals surface area contributed by atoms with Gasteiger partial charge in [0.25, 0.3) is 0 Å². The quantitative estimate of drug-likeness (QED) is 0.757. The van der Waals surface area contributed by atoms with Crippen LogP contribution >= 0.6 is 0 Å². The smallest absolute Gasteiger partial charge is 0.174 e. The van der Waals surface area contributed by atoms with Crippen molar-refractivity contribution in [3.63, 3.8) is 0 Å². The van der Waals surface area contributed by atoms with Crippen LogP contribution in [0.1, 0.15) is 31.1 Å². The Morgan fingerprint density at radius 1 is 1.11 bits per heavy atom. The fourth-order valence-electron chi connectivity index (χ4n) is 2.62. The van der Waals surface area contributed by atoms with Crippen molar-refractivity contribution in [2.75, 3.05) is 0 Å². The molecule has 4 unspecified atom stereocenters. The molecule has 4 heteroatoms. The van der Waals surface area contributed by atoms with Crippen LogP contribution in [0.4, 0.5) is 8.78 Å². The molecule has 1 saturated heterocycles. The maximum absolute atomic E-state index is 13.6. The molecule has 4 atom stereocenters. The average molecular weight is 254 g/mol. The van der Waals surface area contributed by atoms with Crippen molar-refractivity contribution >= 4 is 5.78 Å². The van der Waals surface area contributed by atoms with Gasteiger partial charge >= 0.3 is 0 Å². The van der Waals surface area contributed by atoms with Gasteiger partial charge in [-0.1, -0.05) is 13.0 Å². The average Bonchev–Trinajstić information content (AvgIpc) is 2.52. The molecule has 0 amide bonds. The lowest BCUT2D eigenvalue weighted by molar-refractivity contribution is 0.0489. The fraction of sp³-hybridized carbons (Fsp3) is 0.500.